The fourth-order valence-corrected chi connectivity index (χ4v) is 4.62. The fourth-order valence-electron chi connectivity index (χ4n) is 2.77. The van der Waals surface area contributed by atoms with Gasteiger partial charge >= 0.3 is 0 Å². The number of carbonyl (C=O) groups excluding carboxylic acids is 1. The third-order valence-corrected chi connectivity index (χ3v) is 6.07. The van der Waals surface area contributed by atoms with Crippen molar-refractivity contribution < 1.29 is 13.2 Å². The first-order valence-corrected chi connectivity index (χ1v) is 10.4. The molecule has 0 spiro atoms. The van der Waals surface area contributed by atoms with Crippen molar-refractivity contribution in [2.45, 2.75) is 38.5 Å². The number of para-hydroxylation sites is 1. The molecular formula is C17H20N4O3S2. The number of amides is 1. The van der Waals surface area contributed by atoms with E-state index in [0.717, 1.165) is 5.69 Å². The van der Waals surface area contributed by atoms with Crippen LogP contribution in [0.15, 0.2) is 38.9 Å². The summed E-state index contributed by atoms with van der Waals surface area (Å²) in [6, 6.07) is 6.64. The molecule has 26 heavy (non-hydrogen) atoms. The van der Waals surface area contributed by atoms with Gasteiger partial charge in [-0.2, -0.15) is 8.42 Å². The lowest BCUT2D eigenvalue weighted by molar-refractivity contribution is -0.117. The van der Waals surface area contributed by atoms with Gasteiger partial charge in [0, 0.05) is 18.2 Å². The molecule has 0 aliphatic carbocycles. The van der Waals surface area contributed by atoms with E-state index in [0.29, 0.717) is 23.1 Å². The van der Waals surface area contributed by atoms with Crippen LogP contribution in [-0.2, 0) is 14.8 Å². The van der Waals surface area contributed by atoms with Crippen LogP contribution in [0.2, 0.25) is 0 Å². The third-order valence-electron chi connectivity index (χ3n) is 3.82. The Kier molecular flexibility index (Phi) is 4.85. The maximum absolute atomic E-state index is 12.3. The van der Waals surface area contributed by atoms with Crippen molar-refractivity contribution in [3.63, 3.8) is 0 Å². The number of rotatable bonds is 5. The van der Waals surface area contributed by atoms with E-state index < -0.39 is 15.4 Å². The van der Waals surface area contributed by atoms with Gasteiger partial charge in [-0.3, -0.25) is 4.79 Å². The lowest BCUT2D eigenvalue weighted by Crippen LogP contribution is -2.30. The highest BCUT2D eigenvalue weighted by Gasteiger charge is 2.30. The minimum absolute atomic E-state index is 0.163. The third kappa shape index (κ3) is 4.28. The molecular weight excluding hydrogens is 372 g/mol. The van der Waals surface area contributed by atoms with Crippen molar-refractivity contribution in [1.82, 2.24) is 4.98 Å². The Morgan fingerprint density at radius 2 is 2.04 bits per heavy atom. The highest BCUT2D eigenvalue weighted by molar-refractivity contribution is 7.90. The Morgan fingerprint density at radius 1 is 1.31 bits per heavy atom. The van der Waals surface area contributed by atoms with Crippen molar-refractivity contribution in [3.8, 4) is 0 Å². The summed E-state index contributed by atoms with van der Waals surface area (Å²) in [7, 11) is -3.72. The summed E-state index contributed by atoms with van der Waals surface area (Å²) in [5.74, 6) is 0.176. The maximum atomic E-state index is 12.3. The Morgan fingerprint density at radius 3 is 2.73 bits per heavy atom. The molecule has 0 saturated carbocycles. The first-order chi connectivity index (χ1) is 12.1. The fraction of sp³-hybridized carbons (Fsp3) is 0.353. The van der Waals surface area contributed by atoms with Gasteiger partial charge in [0.1, 0.15) is 10.7 Å². The first kappa shape index (κ1) is 18.5. The molecule has 0 bridgehead atoms. The van der Waals surface area contributed by atoms with Gasteiger partial charge in [-0.05, 0) is 24.5 Å². The van der Waals surface area contributed by atoms with E-state index in [4.69, 9.17) is 0 Å². The van der Waals surface area contributed by atoms with E-state index in [-0.39, 0.29) is 17.2 Å². The number of nitrogens with zero attached hydrogens (tertiary/aromatic N) is 2. The number of thiazole rings is 1. The van der Waals surface area contributed by atoms with Crippen LogP contribution in [-0.4, -0.2) is 25.1 Å². The zero-order valence-corrected chi connectivity index (χ0v) is 16.4. The second-order valence-corrected chi connectivity index (χ2v) is 9.42. The van der Waals surface area contributed by atoms with Crippen LogP contribution >= 0.6 is 11.3 Å². The normalized spacial score (nSPS) is 15.6. The SMILES string of the molecule is Cc1csc(NC(=O)CC(C)(C)CC2=NS(=O)(=O)c3ccccc3N2)n1. The standard InChI is InChI=1S/C17H20N4O3S2/c1-11-10-25-16(18-11)20-15(22)9-17(2,3)8-14-19-12-6-4-5-7-13(12)26(23,24)21-14/h4-7,10H,8-9H2,1-3H3,(H,19,21)(H,18,20,22). The number of hydrogen-bond acceptors (Lipinski definition) is 6. The van der Waals surface area contributed by atoms with E-state index in [1.54, 1.807) is 18.2 Å². The molecule has 9 heteroatoms. The van der Waals surface area contributed by atoms with Crippen LogP contribution in [0.25, 0.3) is 0 Å². The minimum atomic E-state index is -3.72. The van der Waals surface area contributed by atoms with Crippen LogP contribution < -0.4 is 10.6 Å². The van der Waals surface area contributed by atoms with Gasteiger partial charge in [-0.1, -0.05) is 26.0 Å². The molecule has 0 radical (unpaired) electrons. The lowest BCUT2D eigenvalue weighted by atomic mass is 9.84. The Balaban J connectivity index is 1.69. The van der Waals surface area contributed by atoms with Crippen LogP contribution in [0.4, 0.5) is 10.8 Å². The summed E-state index contributed by atoms with van der Waals surface area (Å²) in [6.45, 7) is 5.66. The number of benzene rings is 1. The number of anilines is 2. The topological polar surface area (TPSA) is 101 Å². The summed E-state index contributed by atoms with van der Waals surface area (Å²) in [5.41, 5.74) is 0.884. The summed E-state index contributed by atoms with van der Waals surface area (Å²) < 4.78 is 28.5. The number of amidine groups is 1. The van der Waals surface area contributed by atoms with Gasteiger partial charge in [0.2, 0.25) is 5.91 Å². The van der Waals surface area contributed by atoms with Crippen molar-refractivity contribution >= 4 is 43.9 Å². The molecule has 1 aliphatic rings. The molecule has 7 nitrogen and oxygen atoms in total. The molecule has 2 aromatic rings. The van der Waals surface area contributed by atoms with E-state index in [1.165, 1.54) is 17.4 Å². The van der Waals surface area contributed by atoms with E-state index in [9.17, 15) is 13.2 Å². The Bertz CT molecular complexity index is 977. The average Bonchev–Trinajstić information content (AvgIpc) is 2.90. The molecule has 1 aromatic heterocycles. The highest BCUT2D eigenvalue weighted by Crippen LogP contribution is 2.32. The van der Waals surface area contributed by atoms with Crippen LogP contribution in [0.3, 0.4) is 0 Å². The molecule has 2 heterocycles. The monoisotopic (exact) mass is 392 g/mol. The van der Waals surface area contributed by atoms with Crippen molar-refractivity contribution in [1.29, 1.82) is 0 Å². The number of aryl methyl sites for hydroxylation is 1. The lowest BCUT2D eigenvalue weighted by Gasteiger charge is -2.27. The van der Waals surface area contributed by atoms with Crippen molar-refractivity contribution in [2.24, 2.45) is 9.81 Å². The molecule has 0 saturated heterocycles. The van der Waals surface area contributed by atoms with E-state index in [1.807, 2.05) is 26.2 Å². The number of carbonyl (C=O) groups is 1. The van der Waals surface area contributed by atoms with Crippen molar-refractivity contribution in [3.05, 3.63) is 35.3 Å². The molecule has 138 valence electrons. The molecule has 1 amide bonds. The van der Waals surface area contributed by atoms with Crippen LogP contribution in [0.5, 0.6) is 0 Å². The summed E-state index contributed by atoms with van der Waals surface area (Å²) in [4.78, 5) is 16.7. The maximum Gasteiger partial charge on any atom is 0.286 e. The molecule has 1 aliphatic heterocycles. The van der Waals surface area contributed by atoms with E-state index >= 15 is 0 Å². The molecule has 0 atom stereocenters. The van der Waals surface area contributed by atoms with Gasteiger partial charge in [0.05, 0.1) is 11.4 Å². The molecule has 0 unspecified atom stereocenters. The predicted molar refractivity (Wildman–Crippen MR) is 103 cm³/mol. The van der Waals surface area contributed by atoms with Crippen molar-refractivity contribution in [2.75, 3.05) is 10.6 Å². The second kappa shape index (κ2) is 6.81. The first-order valence-electron chi connectivity index (χ1n) is 8.07. The summed E-state index contributed by atoms with van der Waals surface area (Å²) >= 11 is 1.37. The molecule has 2 N–H and O–H groups in total. The number of sulfonamides is 1. The summed E-state index contributed by atoms with van der Waals surface area (Å²) in [5, 5.41) is 8.27. The highest BCUT2D eigenvalue weighted by atomic mass is 32.2. The van der Waals surface area contributed by atoms with Gasteiger partial charge < -0.3 is 10.6 Å². The van der Waals surface area contributed by atoms with Crippen LogP contribution in [0.1, 0.15) is 32.4 Å². The number of hydrogen-bond donors (Lipinski definition) is 2. The molecule has 1 aromatic carbocycles. The largest absolute Gasteiger partial charge is 0.342 e. The average molecular weight is 393 g/mol. The van der Waals surface area contributed by atoms with Gasteiger partial charge in [-0.15, -0.1) is 15.7 Å². The van der Waals surface area contributed by atoms with Crippen LogP contribution in [0, 0.1) is 12.3 Å². The van der Waals surface area contributed by atoms with Gasteiger partial charge in [0.15, 0.2) is 5.13 Å². The second-order valence-electron chi connectivity index (χ2n) is 6.99. The number of aromatic nitrogens is 1. The number of fused-ring (bicyclic) bond motifs is 1. The molecule has 0 fully saturated rings. The molecule has 3 rings (SSSR count). The number of nitrogens with one attached hydrogen (secondary N) is 2. The van der Waals surface area contributed by atoms with Gasteiger partial charge in [0.25, 0.3) is 10.0 Å². The van der Waals surface area contributed by atoms with E-state index in [2.05, 4.69) is 20.0 Å². The minimum Gasteiger partial charge on any atom is -0.342 e. The summed E-state index contributed by atoms with van der Waals surface area (Å²) in [6.07, 6.45) is 0.541. The zero-order chi connectivity index (χ0) is 18.9. The Labute approximate surface area is 156 Å². The quantitative estimate of drug-likeness (QED) is 0.812. The smallest absolute Gasteiger partial charge is 0.286 e. The van der Waals surface area contributed by atoms with Gasteiger partial charge in [-0.25, -0.2) is 4.98 Å². The zero-order valence-electron chi connectivity index (χ0n) is 14.7. The predicted octanol–water partition coefficient (Wildman–Crippen LogP) is 3.41. The Hall–Kier alpha value is -2.26.